The summed E-state index contributed by atoms with van der Waals surface area (Å²) in [4.78, 5) is 14.9. The van der Waals surface area contributed by atoms with Gasteiger partial charge in [0.05, 0.1) is 0 Å². The van der Waals surface area contributed by atoms with Crippen LogP contribution in [0.25, 0.3) is 0 Å². The zero-order chi connectivity index (χ0) is 24.4. The first kappa shape index (κ1) is 32.8. The standard InChI is InChI=1S/2C9H20N2.C8H18N2.CH4/c2*1-8(2)11-6-5-10(4)7-9(11)3;1-8(2)10-6-4-9(3)5-7-10;/h2*8-9H,5-7H2,1-4H3;8H,4-7H2,1-3H3;1H4/t9-;;;/m1.../s1. The number of hydrogen-bond donors (Lipinski definition) is 0. The lowest BCUT2D eigenvalue weighted by Crippen LogP contribution is -2.52. The van der Waals surface area contributed by atoms with Crippen molar-refractivity contribution in [1.29, 1.82) is 0 Å². The molecule has 1 unspecified atom stereocenters. The van der Waals surface area contributed by atoms with Gasteiger partial charge in [-0.25, -0.2) is 0 Å². The highest BCUT2D eigenvalue weighted by Gasteiger charge is 2.23. The molecule has 6 heteroatoms. The zero-order valence-corrected chi connectivity index (χ0v) is 23.6. The van der Waals surface area contributed by atoms with Crippen LogP contribution >= 0.6 is 0 Å². The number of hydrogen-bond acceptors (Lipinski definition) is 6. The van der Waals surface area contributed by atoms with E-state index in [0.717, 1.165) is 18.1 Å². The first-order valence-electron chi connectivity index (χ1n) is 13.2. The Hall–Kier alpha value is -0.240. The second-order valence-electron chi connectivity index (χ2n) is 11.3. The fourth-order valence-corrected chi connectivity index (χ4v) is 5.18. The summed E-state index contributed by atoms with van der Waals surface area (Å²) in [7, 11) is 6.60. The molecule has 3 aliphatic heterocycles. The normalized spacial score (nSPS) is 27.1. The van der Waals surface area contributed by atoms with Gasteiger partial charge in [0, 0.05) is 95.7 Å². The van der Waals surface area contributed by atoms with Crippen molar-refractivity contribution >= 4 is 0 Å². The van der Waals surface area contributed by atoms with Gasteiger partial charge < -0.3 is 14.7 Å². The molecule has 6 nitrogen and oxygen atoms in total. The van der Waals surface area contributed by atoms with Gasteiger partial charge in [0.25, 0.3) is 0 Å². The molecular formula is C27H62N6. The summed E-state index contributed by atoms with van der Waals surface area (Å²) in [6.45, 7) is 30.6. The minimum absolute atomic E-state index is 0. The van der Waals surface area contributed by atoms with Crippen molar-refractivity contribution in [3.05, 3.63) is 0 Å². The van der Waals surface area contributed by atoms with E-state index < -0.39 is 0 Å². The maximum atomic E-state index is 2.57. The monoisotopic (exact) mass is 471 g/mol. The van der Waals surface area contributed by atoms with Crippen LogP contribution in [0.5, 0.6) is 0 Å². The van der Waals surface area contributed by atoms with Crippen molar-refractivity contribution in [2.24, 2.45) is 0 Å². The van der Waals surface area contributed by atoms with Gasteiger partial charge in [0.1, 0.15) is 0 Å². The van der Waals surface area contributed by atoms with Crippen LogP contribution in [0.1, 0.15) is 62.8 Å². The van der Waals surface area contributed by atoms with E-state index in [9.17, 15) is 0 Å². The SMILES string of the molecule is C.CC(C)N1CCN(C)CC1.CC(C)N1CCN(C)CC1C.CC(C)N1CCN(C)C[C@H]1C. The molecule has 33 heavy (non-hydrogen) atoms. The summed E-state index contributed by atoms with van der Waals surface area (Å²) < 4.78 is 0. The van der Waals surface area contributed by atoms with Crippen molar-refractivity contribution in [3.63, 3.8) is 0 Å². The number of piperazine rings is 3. The summed E-state index contributed by atoms with van der Waals surface area (Å²) in [5.74, 6) is 0. The maximum Gasteiger partial charge on any atom is 0.0198 e. The summed E-state index contributed by atoms with van der Waals surface area (Å²) in [5.41, 5.74) is 0. The van der Waals surface area contributed by atoms with Crippen LogP contribution in [-0.4, -0.2) is 146 Å². The molecule has 0 aromatic carbocycles. The molecule has 0 bridgehead atoms. The second-order valence-corrected chi connectivity index (χ2v) is 11.3. The van der Waals surface area contributed by atoms with Gasteiger partial charge in [0.15, 0.2) is 0 Å². The number of nitrogens with zero attached hydrogens (tertiary/aromatic N) is 6. The predicted molar refractivity (Wildman–Crippen MR) is 149 cm³/mol. The Bertz CT molecular complexity index is 445. The smallest absolute Gasteiger partial charge is 0.0198 e. The quantitative estimate of drug-likeness (QED) is 0.626. The molecule has 0 radical (unpaired) electrons. The van der Waals surface area contributed by atoms with E-state index in [1.54, 1.807) is 0 Å². The summed E-state index contributed by atoms with van der Waals surface area (Å²) >= 11 is 0. The van der Waals surface area contributed by atoms with Crippen molar-refractivity contribution in [3.8, 4) is 0 Å². The lowest BCUT2D eigenvalue weighted by molar-refractivity contribution is 0.0740. The minimum atomic E-state index is 0. The van der Waals surface area contributed by atoms with E-state index in [-0.39, 0.29) is 7.43 Å². The van der Waals surface area contributed by atoms with Gasteiger partial charge in [-0.3, -0.25) is 14.7 Å². The van der Waals surface area contributed by atoms with Gasteiger partial charge in [-0.2, -0.15) is 0 Å². The van der Waals surface area contributed by atoms with Gasteiger partial charge >= 0.3 is 0 Å². The average molecular weight is 471 g/mol. The van der Waals surface area contributed by atoms with Crippen LogP contribution in [0.15, 0.2) is 0 Å². The Morgan fingerprint density at radius 3 is 1.09 bits per heavy atom. The van der Waals surface area contributed by atoms with E-state index in [1.807, 2.05) is 0 Å². The number of likely N-dealkylation sites (N-methyl/N-ethyl adjacent to an activating group) is 3. The molecule has 3 aliphatic rings. The predicted octanol–water partition coefficient (Wildman–Crippen LogP) is 3.34. The lowest BCUT2D eigenvalue weighted by Gasteiger charge is -2.40. The Labute approximate surface area is 209 Å². The number of rotatable bonds is 3. The minimum Gasteiger partial charge on any atom is -0.304 e. The van der Waals surface area contributed by atoms with Crippen molar-refractivity contribution in [1.82, 2.24) is 29.4 Å². The van der Waals surface area contributed by atoms with E-state index in [0.29, 0.717) is 12.1 Å². The van der Waals surface area contributed by atoms with Crippen molar-refractivity contribution in [2.75, 3.05) is 86.6 Å². The molecule has 2 atom stereocenters. The highest BCUT2D eigenvalue weighted by Crippen LogP contribution is 2.11. The highest BCUT2D eigenvalue weighted by molar-refractivity contribution is 4.80. The third-order valence-corrected chi connectivity index (χ3v) is 7.36. The van der Waals surface area contributed by atoms with E-state index in [2.05, 4.69) is 106 Å². The third kappa shape index (κ3) is 12.3. The topological polar surface area (TPSA) is 19.4 Å². The van der Waals surface area contributed by atoms with Crippen molar-refractivity contribution in [2.45, 2.75) is 93.0 Å². The Morgan fingerprint density at radius 1 is 0.485 bits per heavy atom. The van der Waals surface area contributed by atoms with Crippen LogP contribution in [0.3, 0.4) is 0 Å². The molecule has 3 rings (SSSR count). The van der Waals surface area contributed by atoms with Crippen molar-refractivity contribution < 1.29 is 0 Å². The summed E-state index contributed by atoms with van der Waals surface area (Å²) in [6.07, 6.45) is 0. The highest BCUT2D eigenvalue weighted by atomic mass is 15.3. The fraction of sp³-hybridized carbons (Fsp3) is 1.00. The Balaban J connectivity index is 0.000000459. The fourth-order valence-electron chi connectivity index (χ4n) is 5.18. The first-order chi connectivity index (χ1) is 14.9. The molecule has 0 aromatic heterocycles. The van der Waals surface area contributed by atoms with Crippen LogP contribution < -0.4 is 0 Å². The Kier molecular flexibility index (Phi) is 16.3. The van der Waals surface area contributed by atoms with E-state index in [4.69, 9.17) is 0 Å². The third-order valence-electron chi connectivity index (χ3n) is 7.36. The van der Waals surface area contributed by atoms with Gasteiger partial charge in [-0.15, -0.1) is 0 Å². The molecule has 3 heterocycles. The molecule has 0 aromatic rings. The van der Waals surface area contributed by atoms with Gasteiger partial charge in [-0.05, 0) is 76.5 Å². The molecule has 3 fully saturated rings. The zero-order valence-electron chi connectivity index (χ0n) is 23.6. The first-order valence-corrected chi connectivity index (χ1v) is 13.2. The van der Waals surface area contributed by atoms with Gasteiger partial charge in [-0.1, -0.05) is 7.43 Å². The molecule has 3 saturated heterocycles. The summed E-state index contributed by atoms with van der Waals surface area (Å²) in [5, 5.41) is 0. The second kappa shape index (κ2) is 16.4. The lowest BCUT2D eigenvalue weighted by atomic mass is 10.1. The van der Waals surface area contributed by atoms with E-state index >= 15 is 0 Å². The average Bonchev–Trinajstić information content (AvgIpc) is 2.68. The van der Waals surface area contributed by atoms with Gasteiger partial charge in [0.2, 0.25) is 0 Å². The van der Waals surface area contributed by atoms with E-state index in [1.165, 1.54) is 65.4 Å². The van der Waals surface area contributed by atoms with Crippen LogP contribution in [-0.2, 0) is 0 Å². The Morgan fingerprint density at radius 2 is 0.818 bits per heavy atom. The molecule has 0 amide bonds. The summed E-state index contributed by atoms with van der Waals surface area (Å²) in [6, 6.07) is 3.61. The maximum absolute atomic E-state index is 2.57. The largest absolute Gasteiger partial charge is 0.304 e. The molecule has 200 valence electrons. The molecule has 0 aliphatic carbocycles. The van der Waals surface area contributed by atoms with Crippen LogP contribution in [0, 0.1) is 0 Å². The van der Waals surface area contributed by atoms with Crippen LogP contribution in [0.4, 0.5) is 0 Å². The molecule has 0 spiro atoms. The molecule has 0 saturated carbocycles. The molecular weight excluding hydrogens is 408 g/mol. The van der Waals surface area contributed by atoms with Crippen LogP contribution in [0.2, 0.25) is 0 Å². The molecule has 0 N–H and O–H groups in total.